The second-order valence-electron chi connectivity index (χ2n) is 5.77. The Kier molecular flexibility index (Phi) is 5.22. The van der Waals surface area contributed by atoms with Gasteiger partial charge in [-0.25, -0.2) is 0 Å². The average Bonchev–Trinajstić information content (AvgIpc) is 2.35. The minimum absolute atomic E-state index is 0.209. The lowest BCUT2D eigenvalue weighted by Crippen LogP contribution is -2.11. The van der Waals surface area contributed by atoms with Crippen LogP contribution >= 0.6 is 0 Å². The molecule has 1 aromatic rings. The van der Waals surface area contributed by atoms with Gasteiger partial charge >= 0.3 is 0 Å². The normalized spacial score (nSPS) is 11.3. The molecule has 1 rings (SSSR count). The summed E-state index contributed by atoms with van der Waals surface area (Å²) in [5.41, 5.74) is 2.37. The summed E-state index contributed by atoms with van der Waals surface area (Å²) >= 11 is 0. The number of rotatable bonds is 6. The van der Waals surface area contributed by atoms with Crippen LogP contribution in [-0.2, 0) is 0 Å². The van der Waals surface area contributed by atoms with Gasteiger partial charge in [-0.1, -0.05) is 32.0 Å². The summed E-state index contributed by atoms with van der Waals surface area (Å²) < 4.78 is 0. The van der Waals surface area contributed by atoms with Crippen molar-refractivity contribution in [2.45, 2.75) is 46.5 Å². The molecule has 0 heterocycles. The highest BCUT2D eigenvalue weighted by Crippen LogP contribution is 2.24. The molecule has 0 unspecified atom stereocenters. The molecule has 0 amide bonds. The average molecular weight is 244 g/mol. The number of para-hydroxylation sites is 1. The van der Waals surface area contributed by atoms with Gasteiger partial charge in [0.1, 0.15) is 0 Å². The Hall–Kier alpha value is -1.49. The van der Waals surface area contributed by atoms with Crippen LogP contribution in [0.5, 0.6) is 0 Å². The van der Waals surface area contributed by atoms with Gasteiger partial charge < -0.3 is 5.32 Å². The first kappa shape index (κ1) is 14.6. The fourth-order valence-corrected chi connectivity index (χ4v) is 1.97. The summed E-state index contributed by atoms with van der Waals surface area (Å²) in [7, 11) is 0. The number of hydrogen-bond donors (Lipinski definition) is 1. The van der Waals surface area contributed by atoms with Crippen molar-refractivity contribution in [3.63, 3.8) is 0 Å². The molecule has 0 radical (unpaired) electrons. The Labute approximate surface area is 111 Å². The van der Waals surface area contributed by atoms with Gasteiger partial charge in [-0.05, 0) is 44.2 Å². The van der Waals surface area contributed by atoms with Crippen LogP contribution in [0.3, 0.4) is 0 Å². The van der Waals surface area contributed by atoms with Crippen LogP contribution in [0.2, 0.25) is 0 Å². The van der Waals surface area contributed by atoms with Gasteiger partial charge in [0.15, 0.2) is 0 Å². The number of nitriles is 1. The molecule has 1 aromatic carbocycles. The third-order valence-electron chi connectivity index (χ3n) is 3.18. The fourth-order valence-electron chi connectivity index (χ4n) is 1.97. The Bertz CT molecular complexity index is 413. The molecule has 1 N–H and O–H groups in total. The first-order chi connectivity index (χ1) is 8.46. The van der Waals surface area contributed by atoms with Crippen molar-refractivity contribution in [2.24, 2.45) is 5.41 Å². The highest BCUT2D eigenvalue weighted by Gasteiger charge is 2.15. The molecule has 0 aliphatic carbocycles. The standard InChI is InChI=1S/C16H24N2/c1-13(2)14-8-5-6-9-15(14)18-11-7-10-16(3,4)12-17/h5-6,8-9,13,18H,7,10-11H2,1-4H3. The molecule has 0 aliphatic rings. The van der Waals surface area contributed by atoms with Crippen LogP contribution in [0, 0.1) is 16.7 Å². The number of benzene rings is 1. The van der Waals surface area contributed by atoms with E-state index in [0.29, 0.717) is 5.92 Å². The summed E-state index contributed by atoms with van der Waals surface area (Å²) in [5, 5.41) is 12.4. The van der Waals surface area contributed by atoms with Crippen molar-refractivity contribution in [1.29, 1.82) is 5.26 Å². The molecule has 0 aliphatic heterocycles. The van der Waals surface area contributed by atoms with E-state index in [2.05, 4.69) is 49.5 Å². The minimum Gasteiger partial charge on any atom is -0.385 e. The van der Waals surface area contributed by atoms with Crippen LogP contribution in [-0.4, -0.2) is 6.54 Å². The van der Waals surface area contributed by atoms with Crippen molar-refractivity contribution >= 4 is 5.69 Å². The summed E-state index contributed by atoms with van der Waals surface area (Å²) in [6.07, 6.45) is 1.95. The summed E-state index contributed by atoms with van der Waals surface area (Å²) in [4.78, 5) is 0. The number of nitrogens with one attached hydrogen (secondary N) is 1. The minimum atomic E-state index is -0.209. The third kappa shape index (κ3) is 4.41. The van der Waals surface area contributed by atoms with Gasteiger partial charge in [0.2, 0.25) is 0 Å². The molecule has 0 atom stereocenters. The monoisotopic (exact) mass is 244 g/mol. The molecule has 0 saturated heterocycles. The number of nitrogens with zero attached hydrogens (tertiary/aromatic N) is 1. The zero-order chi connectivity index (χ0) is 13.6. The predicted molar refractivity (Wildman–Crippen MR) is 77.6 cm³/mol. The van der Waals surface area contributed by atoms with Crippen LogP contribution in [0.15, 0.2) is 24.3 Å². The zero-order valence-electron chi connectivity index (χ0n) is 12.0. The maximum atomic E-state index is 8.96. The van der Waals surface area contributed by atoms with E-state index in [4.69, 9.17) is 5.26 Å². The Morgan fingerprint density at radius 2 is 1.94 bits per heavy atom. The topological polar surface area (TPSA) is 35.8 Å². The first-order valence-corrected chi connectivity index (χ1v) is 6.70. The Morgan fingerprint density at radius 1 is 1.28 bits per heavy atom. The Morgan fingerprint density at radius 3 is 2.56 bits per heavy atom. The molecule has 0 saturated carbocycles. The first-order valence-electron chi connectivity index (χ1n) is 6.70. The van der Waals surface area contributed by atoms with Crippen molar-refractivity contribution in [3.8, 4) is 6.07 Å². The van der Waals surface area contributed by atoms with E-state index in [0.717, 1.165) is 19.4 Å². The molecule has 0 bridgehead atoms. The quantitative estimate of drug-likeness (QED) is 0.745. The molecular formula is C16H24N2. The highest BCUT2D eigenvalue weighted by molar-refractivity contribution is 5.52. The van der Waals surface area contributed by atoms with E-state index in [1.165, 1.54) is 11.3 Å². The summed E-state index contributed by atoms with van der Waals surface area (Å²) in [5.74, 6) is 0.532. The van der Waals surface area contributed by atoms with Crippen LogP contribution in [0.1, 0.15) is 52.0 Å². The third-order valence-corrected chi connectivity index (χ3v) is 3.18. The van der Waals surface area contributed by atoms with Crippen LogP contribution in [0.25, 0.3) is 0 Å². The Balaban J connectivity index is 2.48. The highest BCUT2D eigenvalue weighted by atomic mass is 14.9. The SMILES string of the molecule is CC(C)c1ccccc1NCCCC(C)(C)C#N. The lowest BCUT2D eigenvalue weighted by molar-refractivity contribution is 0.441. The predicted octanol–water partition coefficient (Wildman–Crippen LogP) is 4.55. The fraction of sp³-hybridized carbons (Fsp3) is 0.562. The van der Waals surface area contributed by atoms with Gasteiger partial charge in [-0.15, -0.1) is 0 Å². The molecule has 2 nitrogen and oxygen atoms in total. The molecule has 0 fully saturated rings. The molecule has 18 heavy (non-hydrogen) atoms. The van der Waals surface area contributed by atoms with Crippen molar-refractivity contribution in [3.05, 3.63) is 29.8 Å². The maximum absolute atomic E-state index is 8.96. The summed E-state index contributed by atoms with van der Waals surface area (Å²) in [6.45, 7) is 9.33. The van der Waals surface area contributed by atoms with Gasteiger partial charge in [-0.3, -0.25) is 0 Å². The molecule has 2 heteroatoms. The molecular weight excluding hydrogens is 220 g/mol. The molecule has 0 aromatic heterocycles. The van der Waals surface area contributed by atoms with E-state index < -0.39 is 0 Å². The van der Waals surface area contributed by atoms with Crippen molar-refractivity contribution < 1.29 is 0 Å². The van der Waals surface area contributed by atoms with E-state index in [9.17, 15) is 0 Å². The molecule has 98 valence electrons. The lowest BCUT2D eigenvalue weighted by atomic mass is 9.90. The number of anilines is 1. The van der Waals surface area contributed by atoms with E-state index in [-0.39, 0.29) is 5.41 Å². The smallest absolute Gasteiger partial charge is 0.0683 e. The second kappa shape index (κ2) is 6.44. The van der Waals surface area contributed by atoms with Gasteiger partial charge in [0.05, 0.1) is 11.5 Å². The maximum Gasteiger partial charge on any atom is 0.0683 e. The zero-order valence-corrected chi connectivity index (χ0v) is 12.0. The second-order valence-corrected chi connectivity index (χ2v) is 5.77. The van der Waals surface area contributed by atoms with Crippen LogP contribution < -0.4 is 5.32 Å². The van der Waals surface area contributed by atoms with Crippen molar-refractivity contribution in [1.82, 2.24) is 0 Å². The van der Waals surface area contributed by atoms with E-state index in [1.54, 1.807) is 0 Å². The lowest BCUT2D eigenvalue weighted by Gasteiger charge is -2.17. The van der Waals surface area contributed by atoms with Gasteiger partial charge in [0.25, 0.3) is 0 Å². The summed E-state index contributed by atoms with van der Waals surface area (Å²) in [6, 6.07) is 10.8. The van der Waals surface area contributed by atoms with E-state index >= 15 is 0 Å². The molecule has 0 spiro atoms. The largest absolute Gasteiger partial charge is 0.385 e. The van der Waals surface area contributed by atoms with Crippen LogP contribution in [0.4, 0.5) is 5.69 Å². The number of hydrogen-bond acceptors (Lipinski definition) is 2. The van der Waals surface area contributed by atoms with Gasteiger partial charge in [-0.2, -0.15) is 5.26 Å². The van der Waals surface area contributed by atoms with E-state index in [1.807, 2.05) is 13.8 Å². The van der Waals surface area contributed by atoms with Crippen molar-refractivity contribution in [2.75, 3.05) is 11.9 Å². The van der Waals surface area contributed by atoms with Gasteiger partial charge in [0, 0.05) is 12.2 Å².